The van der Waals surface area contributed by atoms with Gasteiger partial charge in [0.25, 0.3) is 0 Å². The van der Waals surface area contributed by atoms with Gasteiger partial charge in [-0.1, -0.05) is 60.7 Å². The van der Waals surface area contributed by atoms with Crippen LogP contribution >= 0.6 is 20.2 Å². The van der Waals surface area contributed by atoms with Gasteiger partial charge >= 0.3 is 33.3 Å². The van der Waals surface area contributed by atoms with E-state index < -0.39 is 0 Å². The predicted octanol–water partition coefficient (Wildman–Crippen LogP) is 9.49. The van der Waals surface area contributed by atoms with E-state index in [9.17, 15) is 0 Å². The fourth-order valence-electron chi connectivity index (χ4n) is 3.61. The van der Waals surface area contributed by atoms with Crippen molar-refractivity contribution in [3.8, 4) is 23.0 Å². The third kappa shape index (κ3) is 8.34. The standard InChI is InChI=1S/C31H25N3O2.2ClH.Fe/c1-34-24(22-32-28-16-8-10-18-30(28)35-26-12-4-2-5-13-26)20-21-25(34)23-33-29-17-9-11-19-31(29)36-27-14-6-3-7-15-27;;;/h2-23H,1H3;2*1H;/q;;;+2/p-2. The summed E-state index contributed by atoms with van der Waals surface area (Å²) in [4.78, 5) is 9.38. The van der Waals surface area contributed by atoms with E-state index in [1.807, 2.05) is 145 Å². The molecule has 8 heteroatoms. The molecule has 0 atom stereocenters. The van der Waals surface area contributed by atoms with E-state index in [-0.39, 0.29) is 13.1 Å². The molecule has 0 unspecified atom stereocenters. The third-order valence-electron chi connectivity index (χ3n) is 5.54. The number of rotatable bonds is 8. The zero-order valence-electron chi connectivity index (χ0n) is 21.0. The molecule has 5 aromatic rings. The van der Waals surface area contributed by atoms with Crippen molar-refractivity contribution >= 4 is 44.0 Å². The van der Waals surface area contributed by atoms with Crippen LogP contribution in [0.2, 0.25) is 0 Å². The van der Waals surface area contributed by atoms with Gasteiger partial charge in [0, 0.05) is 7.05 Å². The number of halogens is 2. The molecular weight excluding hydrogens is 573 g/mol. The summed E-state index contributed by atoms with van der Waals surface area (Å²) in [5.41, 5.74) is 3.40. The fourth-order valence-corrected chi connectivity index (χ4v) is 3.61. The molecule has 4 aromatic carbocycles. The van der Waals surface area contributed by atoms with Crippen molar-refractivity contribution < 1.29 is 22.6 Å². The number of nitrogens with zero attached hydrogens (tertiary/aromatic N) is 3. The second kappa shape index (κ2) is 15.0. The Balaban J connectivity index is 0.00000112. The van der Waals surface area contributed by atoms with Crippen molar-refractivity contribution in [2.24, 2.45) is 17.0 Å². The molecule has 1 aromatic heterocycles. The maximum absolute atomic E-state index is 6.02. The fraction of sp³-hybridized carbons (Fsp3) is 0.0323. The van der Waals surface area contributed by atoms with Crippen LogP contribution in [0.1, 0.15) is 11.4 Å². The number of hydrogen-bond acceptors (Lipinski definition) is 4. The number of ether oxygens (including phenoxy) is 2. The van der Waals surface area contributed by atoms with Crippen LogP contribution in [0.15, 0.2) is 131 Å². The van der Waals surface area contributed by atoms with Crippen molar-refractivity contribution in [3.05, 3.63) is 133 Å². The molecule has 0 spiro atoms. The summed E-state index contributed by atoms with van der Waals surface area (Å²) in [6.07, 6.45) is 3.66. The normalized spacial score (nSPS) is 10.9. The molecule has 0 saturated carbocycles. The molecule has 0 amide bonds. The maximum atomic E-state index is 6.02. The number of aliphatic imine (C=N–C) groups is 2. The van der Waals surface area contributed by atoms with Gasteiger partial charge < -0.3 is 14.0 Å². The minimum atomic E-state index is 0.194. The van der Waals surface area contributed by atoms with Gasteiger partial charge in [-0.05, 0) is 60.7 Å². The molecule has 0 N–H and O–H groups in total. The Morgan fingerprint density at radius 2 is 0.923 bits per heavy atom. The third-order valence-corrected chi connectivity index (χ3v) is 5.54. The minimum absolute atomic E-state index is 0.194. The average Bonchev–Trinajstić information content (AvgIpc) is 3.32. The number of hydrogen-bond donors (Lipinski definition) is 0. The molecule has 198 valence electrons. The van der Waals surface area contributed by atoms with Gasteiger partial charge in [0.1, 0.15) is 22.9 Å². The zero-order valence-corrected chi connectivity index (χ0v) is 23.6. The van der Waals surface area contributed by atoms with Crippen LogP contribution in [0, 0.1) is 0 Å². The summed E-state index contributed by atoms with van der Waals surface area (Å²) < 4.78 is 14.1. The molecule has 0 radical (unpaired) electrons. The molecule has 5 nitrogen and oxygen atoms in total. The summed E-state index contributed by atoms with van der Waals surface area (Å²) in [7, 11) is 11.5. The van der Waals surface area contributed by atoms with Crippen LogP contribution in [0.3, 0.4) is 0 Å². The Hall–Kier alpha value is -3.80. The quantitative estimate of drug-likeness (QED) is 0.132. The van der Waals surface area contributed by atoms with Crippen LogP contribution in [0.25, 0.3) is 0 Å². The van der Waals surface area contributed by atoms with Gasteiger partial charge in [-0.25, -0.2) is 0 Å². The van der Waals surface area contributed by atoms with Gasteiger partial charge in [0.05, 0.1) is 23.8 Å². The van der Waals surface area contributed by atoms with E-state index in [0.29, 0.717) is 11.5 Å². The summed E-state index contributed by atoms with van der Waals surface area (Å²) in [5.74, 6) is 2.94. The van der Waals surface area contributed by atoms with Gasteiger partial charge in [0.15, 0.2) is 11.5 Å². The van der Waals surface area contributed by atoms with Crippen molar-refractivity contribution in [2.45, 2.75) is 0 Å². The Morgan fingerprint density at radius 3 is 1.33 bits per heavy atom. The van der Waals surface area contributed by atoms with Crippen LogP contribution in [-0.4, -0.2) is 17.0 Å². The number of benzene rings is 4. The Labute approximate surface area is 243 Å². The second-order valence-electron chi connectivity index (χ2n) is 8.07. The van der Waals surface area contributed by atoms with Crippen molar-refractivity contribution in [2.75, 3.05) is 0 Å². The van der Waals surface area contributed by atoms with E-state index in [0.717, 1.165) is 34.3 Å². The van der Waals surface area contributed by atoms with Crippen LogP contribution in [0.4, 0.5) is 11.4 Å². The van der Waals surface area contributed by atoms with E-state index in [1.54, 1.807) is 0 Å². The monoisotopic (exact) mass is 597 g/mol. The molecule has 0 aliphatic heterocycles. The molecule has 39 heavy (non-hydrogen) atoms. The van der Waals surface area contributed by atoms with E-state index in [4.69, 9.17) is 39.7 Å². The summed E-state index contributed by atoms with van der Waals surface area (Å²) in [6, 6.07) is 38.9. The SMILES string of the molecule is Cn1c(C=Nc2ccccc2Oc2ccccc2)ccc1C=Nc1ccccc1Oc1ccccc1.[Cl][Fe][Cl]. The molecule has 0 fully saturated rings. The van der Waals surface area contributed by atoms with Crippen molar-refractivity contribution in [3.63, 3.8) is 0 Å². The molecule has 0 aliphatic carbocycles. The van der Waals surface area contributed by atoms with Gasteiger partial charge in [0.2, 0.25) is 0 Å². The van der Waals surface area contributed by atoms with Gasteiger partial charge in [-0.2, -0.15) is 0 Å². The molecule has 0 saturated heterocycles. The zero-order chi connectivity index (χ0) is 27.3. The molecule has 1 heterocycles. The Morgan fingerprint density at radius 1 is 0.564 bits per heavy atom. The first-order valence-electron chi connectivity index (χ1n) is 11.9. The van der Waals surface area contributed by atoms with E-state index >= 15 is 0 Å². The number of aromatic nitrogens is 1. The first-order chi connectivity index (χ1) is 19.2. The summed E-state index contributed by atoms with van der Waals surface area (Å²) in [5, 5.41) is 0. The van der Waals surface area contributed by atoms with Crippen molar-refractivity contribution in [1.29, 1.82) is 0 Å². The van der Waals surface area contributed by atoms with E-state index in [2.05, 4.69) is 0 Å². The topological polar surface area (TPSA) is 48.1 Å². The average molecular weight is 598 g/mol. The number of para-hydroxylation sites is 6. The summed E-state index contributed by atoms with van der Waals surface area (Å²) in [6.45, 7) is 0. The predicted molar refractivity (Wildman–Crippen MR) is 158 cm³/mol. The first-order valence-corrected chi connectivity index (χ1v) is 14.9. The Kier molecular flexibility index (Phi) is 10.8. The molecule has 0 aliphatic rings. The van der Waals surface area contributed by atoms with Gasteiger partial charge in [-0.15, -0.1) is 0 Å². The molecule has 0 bridgehead atoms. The summed E-state index contributed by atoms with van der Waals surface area (Å²) >= 11 is 0.194. The molecule has 5 rings (SSSR count). The second-order valence-corrected chi connectivity index (χ2v) is 9.90. The Bertz CT molecular complexity index is 1410. The first kappa shape index (κ1) is 28.2. The molecular formula is C31H25Cl2FeN3O2. The van der Waals surface area contributed by atoms with Crippen LogP contribution in [0.5, 0.6) is 23.0 Å². The van der Waals surface area contributed by atoms with Gasteiger partial charge in [-0.3, -0.25) is 9.98 Å². The van der Waals surface area contributed by atoms with Crippen molar-refractivity contribution in [1.82, 2.24) is 4.57 Å². The van der Waals surface area contributed by atoms with E-state index in [1.165, 1.54) is 0 Å². The van der Waals surface area contributed by atoms with Crippen LogP contribution in [-0.2, 0) is 20.2 Å². The van der Waals surface area contributed by atoms with Crippen LogP contribution < -0.4 is 9.47 Å².